The Bertz CT molecular complexity index is 574. The Morgan fingerprint density at radius 3 is 2.62 bits per heavy atom. The second-order valence-corrected chi connectivity index (χ2v) is 5.34. The lowest BCUT2D eigenvalue weighted by molar-refractivity contribution is -0.306. The number of nitrogens with zero attached hydrogens (tertiary/aromatic N) is 3. The minimum absolute atomic E-state index is 0.0785. The Morgan fingerprint density at radius 2 is 2.05 bits per heavy atom. The van der Waals surface area contributed by atoms with E-state index in [1.165, 1.54) is 0 Å². The van der Waals surface area contributed by atoms with E-state index in [1.807, 2.05) is 28.9 Å². The summed E-state index contributed by atoms with van der Waals surface area (Å²) in [5.74, 6) is -0.389. The topological polar surface area (TPSA) is 75.0 Å². The second-order valence-electron chi connectivity index (χ2n) is 5.34. The SMILES string of the molecule is Cc1ccc(CC#N)c(F)c1N1CCN(CC([NH3+])=O)CC1. The van der Waals surface area contributed by atoms with E-state index in [0.29, 0.717) is 44.0 Å². The quantitative estimate of drug-likeness (QED) is 0.853. The molecule has 0 saturated carbocycles. The summed E-state index contributed by atoms with van der Waals surface area (Å²) in [5, 5.41) is 8.76. The van der Waals surface area contributed by atoms with Crippen LogP contribution < -0.4 is 10.6 Å². The Balaban J connectivity index is 2.15. The standard InChI is InChI=1S/C15H19FN4O/c1-11-2-3-12(4-5-17)14(16)15(11)20-8-6-19(7-9-20)10-13(18)21/h2-3H,4,6-10H2,1H3,(H2,18,21)/p+1. The Labute approximate surface area is 123 Å². The second kappa shape index (κ2) is 6.66. The zero-order valence-corrected chi connectivity index (χ0v) is 12.2. The third-order valence-corrected chi connectivity index (χ3v) is 3.76. The number of amides is 1. The highest BCUT2D eigenvalue weighted by atomic mass is 19.1. The first-order valence-corrected chi connectivity index (χ1v) is 7.00. The van der Waals surface area contributed by atoms with Gasteiger partial charge in [-0.25, -0.2) is 9.18 Å². The van der Waals surface area contributed by atoms with Gasteiger partial charge in [0, 0.05) is 31.7 Å². The molecule has 0 aromatic heterocycles. The van der Waals surface area contributed by atoms with Gasteiger partial charge < -0.3 is 4.90 Å². The van der Waals surface area contributed by atoms with Crippen LogP contribution in [-0.2, 0) is 11.2 Å². The van der Waals surface area contributed by atoms with Gasteiger partial charge in [0.05, 0.1) is 18.2 Å². The van der Waals surface area contributed by atoms with Crippen molar-refractivity contribution in [3.05, 3.63) is 29.1 Å². The molecule has 112 valence electrons. The summed E-state index contributed by atoms with van der Waals surface area (Å²) in [6.07, 6.45) is 0.0785. The zero-order valence-electron chi connectivity index (χ0n) is 12.2. The van der Waals surface area contributed by atoms with Gasteiger partial charge in [-0.15, -0.1) is 0 Å². The lowest BCUT2D eigenvalue weighted by atomic mass is 10.1. The highest BCUT2D eigenvalue weighted by Gasteiger charge is 2.23. The van der Waals surface area contributed by atoms with E-state index in [4.69, 9.17) is 5.26 Å². The zero-order chi connectivity index (χ0) is 15.4. The largest absolute Gasteiger partial charge is 0.366 e. The third-order valence-electron chi connectivity index (χ3n) is 3.76. The smallest absolute Gasteiger partial charge is 0.322 e. The molecule has 1 fully saturated rings. The molecule has 5 nitrogen and oxygen atoms in total. The number of carbonyl (C=O) groups is 1. The van der Waals surface area contributed by atoms with Crippen LogP contribution in [0.25, 0.3) is 0 Å². The lowest BCUT2D eigenvalue weighted by Crippen LogP contribution is -2.62. The summed E-state index contributed by atoms with van der Waals surface area (Å²) < 4.78 is 14.5. The van der Waals surface area contributed by atoms with E-state index in [9.17, 15) is 9.18 Å². The van der Waals surface area contributed by atoms with Crippen molar-refractivity contribution in [2.45, 2.75) is 13.3 Å². The van der Waals surface area contributed by atoms with Crippen LogP contribution in [0.2, 0.25) is 0 Å². The Morgan fingerprint density at radius 1 is 1.38 bits per heavy atom. The molecular formula is C15H20FN4O+. The molecule has 0 radical (unpaired) electrons. The number of aryl methyl sites for hydroxylation is 1. The predicted octanol–water partition coefficient (Wildman–Crippen LogP) is 0.0907. The molecule has 1 amide bonds. The summed E-state index contributed by atoms with van der Waals surface area (Å²) in [6, 6.07) is 5.53. The van der Waals surface area contributed by atoms with Gasteiger partial charge in [0.25, 0.3) is 0 Å². The number of halogens is 1. The molecule has 3 N–H and O–H groups in total. The molecular weight excluding hydrogens is 271 g/mol. The minimum atomic E-state index is -0.293. The van der Waals surface area contributed by atoms with Crippen LogP contribution in [0.5, 0.6) is 0 Å². The number of nitriles is 1. The molecule has 1 heterocycles. The maximum Gasteiger partial charge on any atom is 0.322 e. The van der Waals surface area contributed by atoms with Crippen LogP contribution >= 0.6 is 0 Å². The molecule has 1 saturated heterocycles. The minimum Gasteiger partial charge on any atom is -0.366 e. The van der Waals surface area contributed by atoms with Crippen molar-refractivity contribution in [2.24, 2.45) is 0 Å². The number of rotatable bonds is 4. The molecule has 1 aliphatic heterocycles. The molecule has 1 aromatic rings. The maximum atomic E-state index is 14.5. The summed E-state index contributed by atoms with van der Waals surface area (Å²) in [7, 11) is 0. The molecule has 0 atom stereocenters. The van der Waals surface area contributed by atoms with Gasteiger partial charge >= 0.3 is 5.91 Å². The van der Waals surface area contributed by atoms with Crippen LogP contribution in [0.15, 0.2) is 12.1 Å². The fourth-order valence-electron chi connectivity index (χ4n) is 2.69. The van der Waals surface area contributed by atoms with E-state index >= 15 is 0 Å². The van der Waals surface area contributed by atoms with Crippen molar-refractivity contribution in [1.82, 2.24) is 4.90 Å². The van der Waals surface area contributed by atoms with Crippen LogP contribution in [0.1, 0.15) is 11.1 Å². The summed E-state index contributed by atoms with van der Waals surface area (Å²) in [4.78, 5) is 15.1. The molecule has 0 unspecified atom stereocenters. The van der Waals surface area contributed by atoms with Crippen molar-refractivity contribution in [3.8, 4) is 6.07 Å². The van der Waals surface area contributed by atoms with E-state index in [-0.39, 0.29) is 18.1 Å². The molecule has 1 aliphatic rings. The molecule has 1 aromatic carbocycles. The fourth-order valence-corrected chi connectivity index (χ4v) is 2.69. The molecule has 21 heavy (non-hydrogen) atoms. The van der Waals surface area contributed by atoms with E-state index in [1.54, 1.807) is 6.07 Å². The molecule has 6 heteroatoms. The maximum absolute atomic E-state index is 14.5. The van der Waals surface area contributed by atoms with Crippen molar-refractivity contribution in [2.75, 3.05) is 37.6 Å². The van der Waals surface area contributed by atoms with Gasteiger partial charge in [0.1, 0.15) is 6.54 Å². The number of hydrogen-bond acceptors (Lipinski definition) is 4. The number of piperazine rings is 1. The number of benzene rings is 1. The molecule has 2 rings (SSSR count). The van der Waals surface area contributed by atoms with E-state index in [0.717, 1.165) is 5.56 Å². The summed E-state index contributed by atoms with van der Waals surface area (Å²) in [5.41, 5.74) is 5.28. The lowest BCUT2D eigenvalue weighted by Gasteiger charge is -2.36. The highest BCUT2D eigenvalue weighted by molar-refractivity contribution is 5.66. The molecule has 0 aliphatic carbocycles. The van der Waals surface area contributed by atoms with Crippen LogP contribution in [0.3, 0.4) is 0 Å². The molecule has 0 bridgehead atoms. The normalized spacial score (nSPS) is 15.8. The van der Waals surface area contributed by atoms with Gasteiger partial charge in [-0.2, -0.15) is 5.26 Å². The van der Waals surface area contributed by atoms with Gasteiger partial charge in [0.15, 0.2) is 5.82 Å². The van der Waals surface area contributed by atoms with Crippen molar-refractivity contribution in [3.63, 3.8) is 0 Å². The first-order chi connectivity index (χ1) is 10.0. The van der Waals surface area contributed by atoms with Crippen LogP contribution in [0, 0.1) is 24.1 Å². The van der Waals surface area contributed by atoms with Crippen LogP contribution in [-0.4, -0.2) is 43.5 Å². The summed E-state index contributed by atoms with van der Waals surface area (Å²) in [6.45, 7) is 4.98. The number of hydrogen-bond donors (Lipinski definition) is 1. The van der Waals surface area contributed by atoms with Gasteiger partial charge in [-0.05, 0) is 12.5 Å². The highest BCUT2D eigenvalue weighted by Crippen LogP contribution is 2.28. The van der Waals surface area contributed by atoms with Crippen molar-refractivity contribution >= 4 is 11.6 Å². The Hall–Kier alpha value is -1.97. The average molecular weight is 291 g/mol. The number of quaternary nitrogens is 1. The first-order valence-electron chi connectivity index (χ1n) is 7.00. The van der Waals surface area contributed by atoms with Gasteiger partial charge in [-0.1, -0.05) is 12.1 Å². The van der Waals surface area contributed by atoms with Crippen molar-refractivity contribution in [1.29, 1.82) is 5.26 Å². The summed E-state index contributed by atoms with van der Waals surface area (Å²) >= 11 is 0. The van der Waals surface area contributed by atoms with Crippen molar-refractivity contribution < 1.29 is 14.9 Å². The number of carbonyl (C=O) groups excluding carboxylic acids is 1. The molecule has 0 spiro atoms. The van der Waals surface area contributed by atoms with E-state index < -0.39 is 0 Å². The first kappa shape index (κ1) is 15.4. The number of anilines is 1. The van der Waals surface area contributed by atoms with Crippen LogP contribution in [0.4, 0.5) is 10.1 Å². The third kappa shape index (κ3) is 3.57. The van der Waals surface area contributed by atoms with Gasteiger partial charge in [-0.3, -0.25) is 10.6 Å². The predicted molar refractivity (Wildman–Crippen MR) is 77.0 cm³/mol. The average Bonchev–Trinajstić information content (AvgIpc) is 2.43. The Kier molecular flexibility index (Phi) is 4.89. The fraction of sp³-hybridized carbons (Fsp3) is 0.467. The monoisotopic (exact) mass is 291 g/mol. The van der Waals surface area contributed by atoms with Gasteiger partial charge in [0.2, 0.25) is 0 Å². The van der Waals surface area contributed by atoms with E-state index in [2.05, 4.69) is 5.73 Å².